The van der Waals surface area contributed by atoms with Crippen LogP contribution in [0.15, 0.2) is 36.4 Å². The molecule has 0 radical (unpaired) electrons. The van der Waals surface area contributed by atoms with Gasteiger partial charge in [0, 0.05) is 11.6 Å². The molecule has 1 N–H and O–H groups in total. The highest BCUT2D eigenvalue weighted by atomic mass is 19.1. The molecule has 0 unspecified atom stereocenters. The van der Waals surface area contributed by atoms with Gasteiger partial charge in [-0.25, -0.2) is 14.0 Å². The molecule has 0 heterocycles. The molecule has 118 valence electrons. The van der Waals surface area contributed by atoms with Crippen LogP contribution in [0.2, 0.25) is 0 Å². The van der Waals surface area contributed by atoms with E-state index in [0.29, 0.717) is 0 Å². The van der Waals surface area contributed by atoms with Crippen LogP contribution >= 0.6 is 0 Å². The molecule has 0 fully saturated rings. The summed E-state index contributed by atoms with van der Waals surface area (Å²) >= 11 is 0. The number of amides is 1. The number of carbonyl (C=O) groups is 3. The van der Waals surface area contributed by atoms with Crippen LogP contribution in [-0.2, 0) is 19.1 Å². The molecule has 6 nitrogen and oxygen atoms in total. The van der Waals surface area contributed by atoms with Crippen molar-refractivity contribution < 1.29 is 28.2 Å². The Morgan fingerprint density at radius 1 is 1.27 bits per heavy atom. The fraction of sp³-hybridized carbons (Fsp3) is 0.267. The minimum Gasteiger partial charge on any atom is -0.467 e. The Morgan fingerprint density at radius 2 is 2.00 bits per heavy atom. The Bertz CT molecular complexity index is 585. The zero-order valence-corrected chi connectivity index (χ0v) is 12.2. The standard InChI is InChI=1S/C15H16FNO5/c1-21-13(18)8-4-7-12(15(20)22-2)17-14(19)10-5-3-6-11(16)9-10/h3-6,8-9,12H,7H2,1-2H3,(H,17,19)/b8-4+/t12-/m1/s1. The van der Waals surface area contributed by atoms with Crippen LogP contribution in [0.3, 0.4) is 0 Å². The highest BCUT2D eigenvalue weighted by Crippen LogP contribution is 2.05. The van der Waals surface area contributed by atoms with Crippen LogP contribution in [0.25, 0.3) is 0 Å². The highest BCUT2D eigenvalue weighted by molar-refractivity contribution is 5.96. The predicted octanol–water partition coefficient (Wildman–Crippen LogP) is 1.22. The molecule has 1 amide bonds. The molecule has 0 saturated carbocycles. The SMILES string of the molecule is COC(=O)/C=C/C[C@@H](NC(=O)c1cccc(F)c1)C(=O)OC. The average molecular weight is 309 g/mol. The first kappa shape index (κ1) is 17.4. The van der Waals surface area contributed by atoms with E-state index in [1.807, 2.05) is 0 Å². The smallest absolute Gasteiger partial charge is 0.330 e. The number of hydrogen-bond acceptors (Lipinski definition) is 5. The van der Waals surface area contributed by atoms with Crippen molar-refractivity contribution in [2.24, 2.45) is 0 Å². The van der Waals surface area contributed by atoms with Gasteiger partial charge in [-0.3, -0.25) is 4.79 Å². The van der Waals surface area contributed by atoms with Crippen LogP contribution < -0.4 is 5.32 Å². The van der Waals surface area contributed by atoms with Crippen molar-refractivity contribution in [1.82, 2.24) is 5.32 Å². The quantitative estimate of drug-likeness (QED) is 0.631. The van der Waals surface area contributed by atoms with Crippen LogP contribution in [0.1, 0.15) is 16.8 Å². The summed E-state index contributed by atoms with van der Waals surface area (Å²) in [5, 5.41) is 2.42. The van der Waals surface area contributed by atoms with Gasteiger partial charge in [0.2, 0.25) is 0 Å². The summed E-state index contributed by atoms with van der Waals surface area (Å²) in [6, 6.07) is 4.05. The van der Waals surface area contributed by atoms with Gasteiger partial charge in [-0.1, -0.05) is 12.1 Å². The minimum absolute atomic E-state index is 0.0306. The van der Waals surface area contributed by atoms with Crippen molar-refractivity contribution in [3.8, 4) is 0 Å². The zero-order chi connectivity index (χ0) is 16.5. The number of methoxy groups -OCH3 is 2. The maximum atomic E-state index is 13.1. The molecule has 0 aliphatic rings. The van der Waals surface area contributed by atoms with Gasteiger partial charge < -0.3 is 14.8 Å². The molecule has 0 bridgehead atoms. The number of ether oxygens (including phenoxy) is 2. The van der Waals surface area contributed by atoms with E-state index in [0.717, 1.165) is 12.1 Å². The van der Waals surface area contributed by atoms with Gasteiger partial charge in [-0.15, -0.1) is 0 Å². The number of hydrogen-bond donors (Lipinski definition) is 1. The maximum absolute atomic E-state index is 13.1. The lowest BCUT2D eigenvalue weighted by atomic mass is 10.1. The second-order valence-electron chi connectivity index (χ2n) is 4.22. The van der Waals surface area contributed by atoms with Crippen LogP contribution in [0, 0.1) is 5.82 Å². The van der Waals surface area contributed by atoms with Crippen molar-refractivity contribution in [3.05, 3.63) is 47.8 Å². The number of benzene rings is 1. The lowest BCUT2D eigenvalue weighted by molar-refractivity contribution is -0.143. The first-order valence-corrected chi connectivity index (χ1v) is 6.36. The summed E-state index contributed by atoms with van der Waals surface area (Å²) in [5.74, 6) is -2.45. The molecule has 1 aromatic rings. The van der Waals surface area contributed by atoms with E-state index in [1.165, 1.54) is 38.5 Å². The normalized spacial score (nSPS) is 11.8. The molecule has 0 aromatic heterocycles. The minimum atomic E-state index is -0.998. The second kappa shape index (κ2) is 8.56. The molecule has 22 heavy (non-hydrogen) atoms. The molecule has 0 spiro atoms. The lowest BCUT2D eigenvalue weighted by Crippen LogP contribution is -2.41. The Hall–Kier alpha value is -2.70. The van der Waals surface area contributed by atoms with E-state index in [-0.39, 0.29) is 12.0 Å². The van der Waals surface area contributed by atoms with E-state index in [4.69, 9.17) is 0 Å². The lowest BCUT2D eigenvalue weighted by Gasteiger charge is -2.14. The predicted molar refractivity (Wildman–Crippen MR) is 75.4 cm³/mol. The number of esters is 2. The molecule has 1 atom stereocenters. The summed E-state index contributed by atoms with van der Waals surface area (Å²) in [6.07, 6.45) is 2.53. The van der Waals surface area contributed by atoms with Gasteiger partial charge >= 0.3 is 11.9 Å². The zero-order valence-electron chi connectivity index (χ0n) is 12.2. The highest BCUT2D eigenvalue weighted by Gasteiger charge is 2.21. The number of halogens is 1. The third-order valence-corrected chi connectivity index (χ3v) is 2.70. The van der Waals surface area contributed by atoms with Gasteiger partial charge in [0.1, 0.15) is 11.9 Å². The maximum Gasteiger partial charge on any atom is 0.330 e. The Morgan fingerprint density at radius 3 is 2.59 bits per heavy atom. The van der Waals surface area contributed by atoms with E-state index >= 15 is 0 Å². The van der Waals surface area contributed by atoms with Gasteiger partial charge in [-0.2, -0.15) is 0 Å². The monoisotopic (exact) mass is 309 g/mol. The first-order valence-electron chi connectivity index (χ1n) is 6.36. The Kier molecular flexibility index (Phi) is 6.75. The molecule has 1 aromatic carbocycles. The summed E-state index contributed by atoms with van der Waals surface area (Å²) in [5.41, 5.74) is 0.0749. The molecular weight excluding hydrogens is 293 g/mol. The van der Waals surface area contributed by atoms with Crippen LogP contribution in [0.5, 0.6) is 0 Å². The van der Waals surface area contributed by atoms with E-state index in [9.17, 15) is 18.8 Å². The average Bonchev–Trinajstić information content (AvgIpc) is 2.52. The fourth-order valence-corrected chi connectivity index (χ4v) is 1.60. The van der Waals surface area contributed by atoms with E-state index in [2.05, 4.69) is 14.8 Å². The molecular formula is C15H16FNO5. The number of nitrogens with one attached hydrogen (secondary N) is 1. The topological polar surface area (TPSA) is 81.7 Å². The van der Waals surface area contributed by atoms with Gasteiger partial charge in [-0.05, 0) is 24.6 Å². The van der Waals surface area contributed by atoms with Crippen molar-refractivity contribution in [2.75, 3.05) is 14.2 Å². The van der Waals surface area contributed by atoms with E-state index in [1.54, 1.807) is 0 Å². The van der Waals surface area contributed by atoms with Crippen LogP contribution in [-0.4, -0.2) is 38.1 Å². The largest absolute Gasteiger partial charge is 0.467 e. The Balaban J connectivity index is 2.76. The van der Waals surface area contributed by atoms with E-state index < -0.39 is 29.7 Å². The third-order valence-electron chi connectivity index (χ3n) is 2.70. The first-order chi connectivity index (χ1) is 10.5. The van der Waals surface area contributed by atoms with Gasteiger partial charge in [0.05, 0.1) is 14.2 Å². The van der Waals surface area contributed by atoms with Gasteiger partial charge in [0.25, 0.3) is 5.91 Å². The third kappa shape index (κ3) is 5.35. The molecule has 1 rings (SSSR count). The van der Waals surface area contributed by atoms with Crippen molar-refractivity contribution >= 4 is 17.8 Å². The fourth-order valence-electron chi connectivity index (χ4n) is 1.60. The van der Waals surface area contributed by atoms with Crippen molar-refractivity contribution in [3.63, 3.8) is 0 Å². The molecule has 0 aliphatic heterocycles. The molecule has 0 aliphatic carbocycles. The van der Waals surface area contributed by atoms with Gasteiger partial charge in [0.15, 0.2) is 0 Å². The Labute approximate surface area is 126 Å². The summed E-state index contributed by atoms with van der Waals surface area (Å²) in [6.45, 7) is 0. The number of rotatable bonds is 6. The number of carbonyl (C=O) groups excluding carboxylic acids is 3. The van der Waals surface area contributed by atoms with Crippen LogP contribution in [0.4, 0.5) is 4.39 Å². The second-order valence-corrected chi connectivity index (χ2v) is 4.22. The molecule has 0 saturated heterocycles. The van der Waals surface area contributed by atoms with Crippen molar-refractivity contribution in [1.29, 1.82) is 0 Å². The molecule has 7 heteroatoms. The summed E-state index contributed by atoms with van der Waals surface area (Å²) in [7, 11) is 2.39. The van der Waals surface area contributed by atoms with Crippen molar-refractivity contribution in [2.45, 2.75) is 12.5 Å². The summed E-state index contributed by atoms with van der Waals surface area (Å²) in [4.78, 5) is 34.6. The summed E-state index contributed by atoms with van der Waals surface area (Å²) < 4.78 is 22.1.